The molecule has 0 aliphatic carbocycles. The number of nitrogens with zero attached hydrogens (tertiary/aromatic N) is 1. The molecule has 1 aromatic rings. The molecular weight excluding hydrogens is 383 g/mol. The van der Waals surface area contributed by atoms with Gasteiger partial charge in [-0.1, -0.05) is 0 Å². The van der Waals surface area contributed by atoms with Crippen molar-refractivity contribution in [2.75, 3.05) is 19.0 Å². The first-order valence-electron chi connectivity index (χ1n) is 4.63. The van der Waals surface area contributed by atoms with Crippen molar-refractivity contribution in [1.82, 2.24) is 0 Å². The van der Waals surface area contributed by atoms with Crippen molar-refractivity contribution in [3.63, 3.8) is 0 Å². The Morgan fingerprint density at radius 1 is 1.47 bits per heavy atom. The fraction of sp³-hybridized carbons (Fsp3) is 0.300. The van der Waals surface area contributed by atoms with Crippen LogP contribution in [0, 0.1) is 0 Å². The third kappa shape index (κ3) is 3.70. The topological polar surface area (TPSA) is 49.8 Å². The first-order chi connectivity index (χ1) is 7.00. The number of carbonyl (C=O) groups is 1. The van der Waals surface area contributed by atoms with Gasteiger partial charge in [0.25, 0.3) is 0 Å². The predicted molar refractivity (Wildman–Crippen MR) is 53.8 cm³/mol. The summed E-state index contributed by atoms with van der Waals surface area (Å²) in [5.74, 6) is -0.0187. The van der Waals surface area contributed by atoms with Crippen LogP contribution in [0.4, 0.5) is 5.69 Å². The van der Waals surface area contributed by atoms with Crippen LogP contribution in [0.25, 0.3) is 0 Å². The summed E-state index contributed by atoms with van der Waals surface area (Å²) in [6.07, 6.45) is 0. The quantitative estimate of drug-likeness (QED) is 0.763. The van der Waals surface area contributed by atoms with Crippen LogP contribution in [0.5, 0.6) is 5.75 Å². The SMILES string of the molecule is CC(=O)[O][Hg][c]1cc(N(C)C)ccc1O. The second-order valence-corrected chi connectivity index (χ2v) is 8.69. The van der Waals surface area contributed by atoms with E-state index in [2.05, 4.69) is 0 Å². The van der Waals surface area contributed by atoms with Gasteiger partial charge >= 0.3 is 102 Å². The van der Waals surface area contributed by atoms with E-state index in [1.807, 2.05) is 31.1 Å². The molecule has 0 radical (unpaired) electrons. The molecule has 5 heteroatoms. The second kappa shape index (κ2) is 5.35. The molecule has 0 saturated heterocycles. The normalized spacial score (nSPS) is 9.27. The van der Waals surface area contributed by atoms with Crippen LogP contribution in [-0.4, -0.2) is 25.2 Å². The molecule has 0 amide bonds. The van der Waals surface area contributed by atoms with E-state index < -0.39 is 25.0 Å². The van der Waals surface area contributed by atoms with Crippen molar-refractivity contribution in [2.24, 2.45) is 0 Å². The summed E-state index contributed by atoms with van der Waals surface area (Å²) in [4.78, 5) is 12.6. The van der Waals surface area contributed by atoms with Crippen LogP contribution >= 0.6 is 0 Å². The summed E-state index contributed by atoms with van der Waals surface area (Å²) in [6, 6.07) is 5.37. The molecule has 0 heterocycles. The fourth-order valence-corrected chi connectivity index (χ4v) is 4.71. The van der Waals surface area contributed by atoms with Gasteiger partial charge in [0.2, 0.25) is 0 Å². The van der Waals surface area contributed by atoms with E-state index in [-0.39, 0.29) is 11.7 Å². The van der Waals surface area contributed by atoms with Crippen LogP contribution in [-0.2, 0) is 32.5 Å². The van der Waals surface area contributed by atoms with Crippen LogP contribution in [0.3, 0.4) is 0 Å². The van der Waals surface area contributed by atoms with Gasteiger partial charge in [0.05, 0.1) is 0 Å². The van der Waals surface area contributed by atoms with Gasteiger partial charge in [-0.15, -0.1) is 0 Å². The maximum atomic E-state index is 10.7. The molecule has 0 aliphatic rings. The first-order valence-corrected chi connectivity index (χ1v) is 9.62. The average molecular weight is 396 g/mol. The number of phenols is 1. The van der Waals surface area contributed by atoms with Gasteiger partial charge in [0, 0.05) is 0 Å². The van der Waals surface area contributed by atoms with Crippen molar-refractivity contribution in [3.8, 4) is 5.75 Å². The Kier molecular flexibility index (Phi) is 4.38. The monoisotopic (exact) mass is 397 g/mol. The third-order valence-electron chi connectivity index (χ3n) is 2.01. The summed E-state index contributed by atoms with van der Waals surface area (Å²) in [7, 11) is 3.86. The van der Waals surface area contributed by atoms with Crippen LogP contribution < -0.4 is 7.97 Å². The number of hydrogen-bond donors (Lipinski definition) is 1. The van der Waals surface area contributed by atoms with E-state index in [9.17, 15) is 9.90 Å². The fourth-order valence-electron chi connectivity index (χ4n) is 1.15. The molecule has 1 rings (SSSR count). The maximum absolute atomic E-state index is 10.7. The Balaban J connectivity index is 2.85. The van der Waals surface area contributed by atoms with E-state index in [4.69, 9.17) is 2.64 Å². The van der Waals surface area contributed by atoms with Gasteiger partial charge < -0.3 is 0 Å². The van der Waals surface area contributed by atoms with Crippen LogP contribution in [0.2, 0.25) is 0 Å². The zero-order valence-corrected chi connectivity index (χ0v) is 14.6. The van der Waals surface area contributed by atoms with Crippen molar-refractivity contribution in [3.05, 3.63) is 18.2 Å². The van der Waals surface area contributed by atoms with Gasteiger partial charge in [0.15, 0.2) is 0 Å². The molecule has 0 saturated carbocycles. The molecule has 0 spiro atoms. The van der Waals surface area contributed by atoms with Gasteiger partial charge in [-0.25, -0.2) is 0 Å². The Hall–Kier alpha value is -0.775. The third-order valence-corrected chi connectivity index (χ3v) is 7.56. The number of anilines is 1. The Labute approximate surface area is 102 Å². The van der Waals surface area contributed by atoms with Gasteiger partial charge in [-0.2, -0.15) is 0 Å². The van der Waals surface area contributed by atoms with Crippen LogP contribution in [0.15, 0.2) is 18.2 Å². The summed E-state index contributed by atoms with van der Waals surface area (Å²) < 4.78 is 5.88. The zero-order chi connectivity index (χ0) is 11.4. The zero-order valence-electron chi connectivity index (χ0n) is 9.15. The molecule has 4 nitrogen and oxygen atoms in total. The number of rotatable bonds is 3. The van der Waals surface area contributed by atoms with E-state index in [1.54, 1.807) is 6.07 Å². The summed E-state index contributed by atoms with van der Waals surface area (Å²) in [5, 5.41) is 9.58. The average Bonchev–Trinajstić information content (AvgIpc) is 2.16. The van der Waals surface area contributed by atoms with Crippen molar-refractivity contribution in [2.45, 2.75) is 6.92 Å². The second-order valence-electron chi connectivity index (χ2n) is 3.49. The van der Waals surface area contributed by atoms with Gasteiger partial charge in [-0.3, -0.25) is 0 Å². The number of benzene rings is 1. The summed E-state index contributed by atoms with van der Waals surface area (Å²) >= 11 is -1.93. The molecule has 0 unspecified atom stereocenters. The Morgan fingerprint density at radius 3 is 2.67 bits per heavy atom. The Bertz CT molecular complexity index is 366. The van der Waals surface area contributed by atoms with Crippen molar-refractivity contribution >= 4 is 14.7 Å². The molecule has 0 fully saturated rings. The number of hydrogen-bond acceptors (Lipinski definition) is 4. The Morgan fingerprint density at radius 2 is 2.13 bits per heavy atom. The molecule has 78 valence electrons. The van der Waals surface area contributed by atoms with E-state index in [0.717, 1.165) is 8.76 Å². The van der Waals surface area contributed by atoms with E-state index in [0.29, 0.717) is 0 Å². The number of aromatic hydroxyl groups is 1. The van der Waals surface area contributed by atoms with Crippen molar-refractivity contribution < 1.29 is 37.6 Å². The molecule has 15 heavy (non-hydrogen) atoms. The molecular formula is C10H13HgNO3. The molecule has 0 bridgehead atoms. The molecule has 0 atom stereocenters. The molecule has 0 aromatic heterocycles. The van der Waals surface area contributed by atoms with E-state index >= 15 is 0 Å². The predicted octanol–water partition coefficient (Wildman–Crippen LogP) is 0.644. The van der Waals surface area contributed by atoms with Gasteiger partial charge in [0.1, 0.15) is 0 Å². The first kappa shape index (κ1) is 12.3. The number of carbonyl (C=O) groups excluding carboxylic acids is 1. The number of phenolic OH excluding ortho intramolecular Hbond substituents is 1. The minimum atomic E-state index is -1.93. The molecule has 0 aliphatic heterocycles. The molecule has 1 N–H and O–H groups in total. The molecule has 1 aromatic carbocycles. The van der Waals surface area contributed by atoms with Gasteiger partial charge in [-0.05, 0) is 0 Å². The summed E-state index contributed by atoms with van der Waals surface area (Å²) in [6.45, 7) is 1.40. The minimum absolute atomic E-state index is 0.239. The van der Waals surface area contributed by atoms with Crippen molar-refractivity contribution in [1.29, 1.82) is 0 Å². The van der Waals surface area contributed by atoms with Crippen LogP contribution in [0.1, 0.15) is 6.92 Å². The standard InChI is InChI=1S/C8H10NO.C2H4O2.Hg/c1-9(2)7-3-5-8(10)6-4-7;1-2(3)4;/h3-5,10H,1-2H3;1H3,(H,3,4);/q;;+1/p-1. The summed E-state index contributed by atoms with van der Waals surface area (Å²) in [5.41, 5.74) is 1.01. The van der Waals surface area contributed by atoms with E-state index in [1.165, 1.54) is 6.92 Å².